The summed E-state index contributed by atoms with van der Waals surface area (Å²) in [4.78, 5) is 28.8. The standard InChI is InChI=1S/C19H15F3N2O3S/c20-12-8-13(21)18-19(17(12)22)28-14(23-18)9-15(25)24(7-6-16(26)27)10-11-4-2-1-3-5-11/h1-5,8H,6-7,9-10H2,(H,26,27). The molecule has 1 N–H and O–H groups in total. The summed E-state index contributed by atoms with van der Waals surface area (Å²) in [6.45, 7) is 0.167. The summed E-state index contributed by atoms with van der Waals surface area (Å²) < 4.78 is 40.7. The lowest BCUT2D eigenvalue weighted by molar-refractivity contribution is -0.138. The number of rotatable bonds is 7. The van der Waals surface area contributed by atoms with Crippen molar-refractivity contribution < 1.29 is 27.9 Å². The molecule has 0 unspecified atom stereocenters. The zero-order chi connectivity index (χ0) is 20.3. The van der Waals surface area contributed by atoms with Crippen LogP contribution in [0.3, 0.4) is 0 Å². The van der Waals surface area contributed by atoms with Crippen LogP contribution < -0.4 is 0 Å². The first-order valence-electron chi connectivity index (χ1n) is 8.31. The Hall–Kier alpha value is -2.94. The fourth-order valence-electron chi connectivity index (χ4n) is 2.67. The molecule has 3 rings (SSSR count). The van der Waals surface area contributed by atoms with Crippen molar-refractivity contribution in [1.82, 2.24) is 9.88 Å². The van der Waals surface area contributed by atoms with Gasteiger partial charge in [-0.2, -0.15) is 0 Å². The molecule has 1 aromatic heterocycles. The highest BCUT2D eigenvalue weighted by Crippen LogP contribution is 2.29. The normalized spacial score (nSPS) is 11.0. The first-order chi connectivity index (χ1) is 13.3. The molecular weight excluding hydrogens is 393 g/mol. The van der Waals surface area contributed by atoms with Crippen molar-refractivity contribution >= 4 is 33.4 Å². The number of hydrogen-bond donors (Lipinski definition) is 1. The largest absolute Gasteiger partial charge is 0.481 e. The van der Waals surface area contributed by atoms with E-state index in [4.69, 9.17) is 5.11 Å². The van der Waals surface area contributed by atoms with Gasteiger partial charge in [0.05, 0.1) is 17.5 Å². The van der Waals surface area contributed by atoms with Gasteiger partial charge in [0.15, 0.2) is 17.5 Å². The summed E-state index contributed by atoms with van der Waals surface area (Å²) in [5, 5.41) is 9.04. The van der Waals surface area contributed by atoms with E-state index in [2.05, 4.69) is 4.98 Å². The number of carbonyl (C=O) groups excluding carboxylic acids is 1. The van der Waals surface area contributed by atoms with Gasteiger partial charge in [0.25, 0.3) is 0 Å². The van der Waals surface area contributed by atoms with Crippen LogP contribution in [0, 0.1) is 17.5 Å². The van der Waals surface area contributed by atoms with Crippen molar-refractivity contribution in [2.24, 2.45) is 0 Å². The highest BCUT2D eigenvalue weighted by atomic mass is 32.1. The van der Waals surface area contributed by atoms with E-state index in [9.17, 15) is 22.8 Å². The Balaban J connectivity index is 1.82. The van der Waals surface area contributed by atoms with Gasteiger partial charge < -0.3 is 10.0 Å². The number of benzene rings is 2. The maximum atomic E-state index is 13.9. The molecule has 1 heterocycles. The molecule has 0 aliphatic rings. The number of carboxylic acid groups (broad SMARTS) is 1. The van der Waals surface area contributed by atoms with Gasteiger partial charge in [0.2, 0.25) is 5.91 Å². The van der Waals surface area contributed by atoms with Crippen molar-refractivity contribution in [3.63, 3.8) is 0 Å². The Morgan fingerprint density at radius 1 is 1.11 bits per heavy atom. The van der Waals surface area contributed by atoms with Crippen LogP contribution in [0.4, 0.5) is 13.2 Å². The lowest BCUT2D eigenvalue weighted by atomic mass is 10.2. The van der Waals surface area contributed by atoms with Crippen molar-refractivity contribution in [1.29, 1.82) is 0 Å². The number of aromatic nitrogens is 1. The van der Waals surface area contributed by atoms with Gasteiger partial charge in [0, 0.05) is 19.2 Å². The number of carboxylic acids is 1. The van der Waals surface area contributed by atoms with Gasteiger partial charge in [0.1, 0.15) is 10.5 Å². The molecule has 146 valence electrons. The number of fused-ring (bicyclic) bond motifs is 1. The van der Waals surface area contributed by atoms with Crippen molar-refractivity contribution in [3.8, 4) is 0 Å². The first-order valence-corrected chi connectivity index (χ1v) is 9.13. The SMILES string of the molecule is O=C(O)CCN(Cc1ccccc1)C(=O)Cc1nc2c(F)cc(F)c(F)c2s1. The lowest BCUT2D eigenvalue weighted by Crippen LogP contribution is -2.33. The molecule has 0 spiro atoms. The second-order valence-electron chi connectivity index (χ2n) is 6.06. The second-order valence-corrected chi connectivity index (χ2v) is 7.14. The third-order valence-electron chi connectivity index (χ3n) is 4.03. The molecule has 0 radical (unpaired) electrons. The number of carbonyl (C=O) groups is 2. The molecule has 0 aliphatic carbocycles. The van der Waals surface area contributed by atoms with Gasteiger partial charge in [-0.25, -0.2) is 18.2 Å². The summed E-state index contributed by atoms with van der Waals surface area (Å²) in [6.07, 6.45) is -0.515. The summed E-state index contributed by atoms with van der Waals surface area (Å²) >= 11 is 0.699. The third-order valence-corrected chi connectivity index (χ3v) is 5.08. The lowest BCUT2D eigenvalue weighted by Gasteiger charge is -2.21. The number of nitrogens with zero attached hydrogens (tertiary/aromatic N) is 2. The first kappa shape index (κ1) is 19.8. The van der Waals surface area contributed by atoms with E-state index in [1.807, 2.05) is 6.07 Å². The van der Waals surface area contributed by atoms with Crippen LogP contribution in [0.15, 0.2) is 36.4 Å². The van der Waals surface area contributed by atoms with E-state index in [1.165, 1.54) is 4.90 Å². The number of aliphatic carboxylic acids is 1. The quantitative estimate of drug-likeness (QED) is 0.605. The monoisotopic (exact) mass is 408 g/mol. The van der Waals surface area contributed by atoms with Crippen LogP contribution in [0.25, 0.3) is 10.2 Å². The Bertz CT molecular complexity index is 1020. The molecule has 5 nitrogen and oxygen atoms in total. The molecule has 2 aromatic carbocycles. The molecule has 28 heavy (non-hydrogen) atoms. The van der Waals surface area contributed by atoms with Crippen LogP contribution in [-0.4, -0.2) is 33.4 Å². The maximum absolute atomic E-state index is 13.9. The summed E-state index contributed by atoms with van der Waals surface area (Å²) in [5.74, 6) is -5.02. The van der Waals surface area contributed by atoms with E-state index in [0.29, 0.717) is 17.4 Å². The van der Waals surface area contributed by atoms with Crippen LogP contribution in [0.5, 0.6) is 0 Å². The minimum Gasteiger partial charge on any atom is -0.481 e. The zero-order valence-corrected chi connectivity index (χ0v) is 15.3. The highest BCUT2D eigenvalue weighted by molar-refractivity contribution is 7.18. The molecule has 0 aliphatic heterocycles. The summed E-state index contributed by atoms with van der Waals surface area (Å²) in [6, 6.07) is 9.41. The average molecular weight is 408 g/mol. The van der Waals surface area contributed by atoms with E-state index >= 15 is 0 Å². The summed E-state index contributed by atoms with van der Waals surface area (Å²) in [5.41, 5.74) is 0.483. The van der Waals surface area contributed by atoms with Crippen molar-refractivity contribution in [3.05, 3.63) is 64.4 Å². The molecule has 9 heteroatoms. The minimum absolute atomic E-state index is 0.0225. The van der Waals surface area contributed by atoms with Crippen molar-refractivity contribution in [2.75, 3.05) is 6.54 Å². The molecule has 0 fully saturated rings. The van der Waals surface area contributed by atoms with Crippen molar-refractivity contribution in [2.45, 2.75) is 19.4 Å². The van der Waals surface area contributed by atoms with Gasteiger partial charge in [-0.15, -0.1) is 11.3 Å². The van der Waals surface area contributed by atoms with Gasteiger partial charge in [-0.05, 0) is 5.56 Å². The fraction of sp³-hybridized carbons (Fsp3) is 0.211. The van der Waals surface area contributed by atoms with Crippen LogP contribution in [0.1, 0.15) is 17.0 Å². The van der Waals surface area contributed by atoms with E-state index in [-0.39, 0.29) is 41.2 Å². The molecule has 1 amide bonds. The van der Waals surface area contributed by atoms with Gasteiger partial charge in [-0.3, -0.25) is 9.59 Å². The Morgan fingerprint density at radius 3 is 2.50 bits per heavy atom. The number of hydrogen-bond acceptors (Lipinski definition) is 4. The third kappa shape index (κ3) is 4.48. The predicted octanol–water partition coefficient (Wildman–Crippen LogP) is 3.76. The highest BCUT2D eigenvalue weighted by Gasteiger charge is 2.21. The molecule has 0 bridgehead atoms. The summed E-state index contributed by atoms with van der Waals surface area (Å²) in [7, 11) is 0. The molecule has 0 atom stereocenters. The topological polar surface area (TPSA) is 70.5 Å². The maximum Gasteiger partial charge on any atom is 0.305 e. The Morgan fingerprint density at radius 2 is 1.82 bits per heavy atom. The number of halogens is 3. The van der Waals surface area contributed by atoms with E-state index < -0.39 is 29.3 Å². The molecular formula is C19H15F3N2O3S. The minimum atomic E-state index is -1.32. The van der Waals surface area contributed by atoms with Crippen LogP contribution >= 0.6 is 11.3 Å². The molecule has 0 saturated carbocycles. The Labute approximate surface area is 162 Å². The fourth-order valence-corrected chi connectivity index (χ4v) is 3.66. The number of amides is 1. The van der Waals surface area contributed by atoms with E-state index in [1.54, 1.807) is 24.3 Å². The number of thiazole rings is 1. The second kappa shape index (κ2) is 8.39. The van der Waals surface area contributed by atoms with Crippen LogP contribution in [0.2, 0.25) is 0 Å². The van der Waals surface area contributed by atoms with Gasteiger partial charge in [-0.1, -0.05) is 30.3 Å². The van der Waals surface area contributed by atoms with Gasteiger partial charge >= 0.3 is 5.97 Å². The zero-order valence-electron chi connectivity index (χ0n) is 14.5. The molecule has 0 saturated heterocycles. The Kier molecular flexibility index (Phi) is 5.93. The van der Waals surface area contributed by atoms with Crippen LogP contribution in [-0.2, 0) is 22.6 Å². The molecule has 3 aromatic rings. The van der Waals surface area contributed by atoms with E-state index in [0.717, 1.165) is 5.56 Å². The average Bonchev–Trinajstić information content (AvgIpc) is 3.08. The predicted molar refractivity (Wildman–Crippen MR) is 97.3 cm³/mol. The smallest absolute Gasteiger partial charge is 0.305 e.